The number of carbonyl (C=O) groups excluding carboxylic acids is 1. The highest BCUT2D eigenvalue weighted by Crippen LogP contribution is 2.44. The number of nitrogens with one attached hydrogen (secondary N) is 1. The molecule has 0 radical (unpaired) electrons. The number of hydrogen-bond acceptors (Lipinski definition) is 5. The third-order valence-corrected chi connectivity index (χ3v) is 8.70. The van der Waals surface area contributed by atoms with Crippen LogP contribution in [0.5, 0.6) is 5.75 Å². The second-order valence-corrected chi connectivity index (χ2v) is 11.4. The fourth-order valence-electron chi connectivity index (χ4n) is 5.07. The van der Waals surface area contributed by atoms with Gasteiger partial charge in [-0.1, -0.05) is 19.1 Å². The van der Waals surface area contributed by atoms with E-state index in [0.29, 0.717) is 30.9 Å². The van der Waals surface area contributed by atoms with Gasteiger partial charge in [0.1, 0.15) is 11.4 Å². The molecule has 1 saturated heterocycles. The number of ether oxygens (including phenoxy) is 1. The van der Waals surface area contributed by atoms with Crippen molar-refractivity contribution >= 4 is 21.5 Å². The van der Waals surface area contributed by atoms with Gasteiger partial charge in [-0.2, -0.15) is 0 Å². The average Bonchev–Trinajstić information content (AvgIpc) is 3.05. The van der Waals surface area contributed by atoms with E-state index in [2.05, 4.69) is 22.7 Å². The van der Waals surface area contributed by atoms with E-state index in [1.165, 1.54) is 0 Å². The monoisotopic (exact) mass is 511 g/mol. The molecule has 194 valence electrons. The molecule has 0 aliphatic carbocycles. The summed E-state index contributed by atoms with van der Waals surface area (Å²) in [4.78, 5) is 17.2. The van der Waals surface area contributed by atoms with Gasteiger partial charge in [0.25, 0.3) is 5.91 Å². The van der Waals surface area contributed by atoms with Crippen LogP contribution in [-0.2, 0) is 10.0 Å². The van der Waals surface area contributed by atoms with E-state index in [9.17, 15) is 13.2 Å². The van der Waals surface area contributed by atoms with Crippen LogP contribution in [0, 0.1) is 0 Å². The number of benzene rings is 2. The van der Waals surface area contributed by atoms with Crippen molar-refractivity contribution in [2.75, 3.05) is 39.8 Å². The molecule has 0 aromatic heterocycles. The van der Waals surface area contributed by atoms with Gasteiger partial charge in [-0.3, -0.25) is 4.79 Å². The molecule has 1 atom stereocenters. The van der Waals surface area contributed by atoms with Gasteiger partial charge in [-0.25, -0.2) is 13.1 Å². The SMILES string of the molecule is CCNS(=O)(=O)c1ccc2c(c1)C(c1ccc(C(=O)N(CC)CC)cc1)=CC1(CCCN(C)CC1)O2. The zero-order valence-electron chi connectivity index (χ0n) is 21.7. The van der Waals surface area contributed by atoms with E-state index in [1.54, 1.807) is 30.0 Å². The van der Waals surface area contributed by atoms with Crippen LogP contribution in [0.2, 0.25) is 0 Å². The van der Waals surface area contributed by atoms with Crippen molar-refractivity contribution in [3.63, 3.8) is 0 Å². The first-order valence-corrected chi connectivity index (χ1v) is 14.3. The minimum absolute atomic E-state index is 0.00945. The molecule has 1 fully saturated rings. The van der Waals surface area contributed by atoms with Gasteiger partial charge in [-0.15, -0.1) is 0 Å². The Hall–Kier alpha value is -2.68. The zero-order valence-corrected chi connectivity index (χ0v) is 22.5. The Balaban J connectivity index is 1.80. The number of fused-ring (bicyclic) bond motifs is 1. The Morgan fingerprint density at radius 2 is 1.78 bits per heavy atom. The number of carbonyl (C=O) groups is 1. The van der Waals surface area contributed by atoms with Crippen molar-refractivity contribution in [2.45, 2.75) is 50.5 Å². The Morgan fingerprint density at radius 3 is 2.44 bits per heavy atom. The highest BCUT2D eigenvalue weighted by Gasteiger charge is 2.37. The quantitative estimate of drug-likeness (QED) is 0.604. The number of rotatable bonds is 7. The molecule has 2 heterocycles. The fourth-order valence-corrected chi connectivity index (χ4v) is 6.14. The van der Waals surface area contributed by atoms with Gasteiger partial charge in [0.15, 0.2) is 0 Å². The number of amides is 1. The summed E-state index contributed by atoms with van der Waals surface area (Å²) in [5.74, 6) is 0.700. The number of hydrogen-bond donors (Lipinski definition) is 1. The molecule has 4 rings (SSSR count). The maximum absolute atomic E-state index is 12.8. The summed E-state index contributed by atoms with van der Waals surface area (Å²) in [5.41, 5.74) is 2.82. The number of sulfonamides is 1. The Bertz CT molecular complexity index is 1240. The standard InChI is InChI=1S/C28H37N3O4S/c1-5-29-36(33,34)23-13-14-26-24(19-23)25(20-28(35-26)15-8-17-30(4)18-16-28)21-9-11-22(12-10-21)27(32)31(6-2)7-3/h9-14,19-20,29H,5-8,15-18H2,1-4H3. The summed E-state index contributed by atoms with van der Waals surface area (Å²) in [6, 6.07) is 12.7. The van der Waals surface area contributed by atoms with Crippen LogP contribution >= 0.6 is 0 Å². The Kier molecular flexibility index (Phi) is 7.87. The summed E-state index contributed by atoms with van der Waals surface area (Å²) in [6.45, 7) is 9.28. The predicted molar refractivity (Wildman–Crippen MR) is 143 cm³/mol. The average molecular weight is 512 g/mol. The van der Waals surface area contributed by atoms with Crippen molar-refractivity contribution in [3.8, 4) is 5.75 Å². The first-order chi connectivity index (χ1) is 17.2. The molecule has 7 nitrogen and oxygen atoms in total. The summed E-state index contributed by atoms with van der Waals surface area (Å²) >= 11 is 0. The normalized spacial score (nSPS) is 20.3. The summed E-state index contributed by atoms with van der Waals surface area (Å²) in [5, 5.41) is 0. The van der Waals surface area contributed by atoms with Gasteiger partial charge in [0, 0.05) is 43.7 Å². The fraction of sp³-hybridized carbons (Fsp3) is 0.464. The largest absolute Gasteiger partial charge is 0.482 e. The van der Waals surface area contributed by atoms with Crippen LogP contribution in [0.3, 0.4) is 0 Å². The van der Waals surface area contributed by atoms with Crippen LogP contribution < -0.4 is 9.46 Å². The Labute approximate surface area is 215 Å². The van der Waals surface area contributed by atoms with Crippen molar-refractivity contribution < 1.29 is 17.9 Å². The second-order valence-electron chi connectivity index (χ2n) is 9.60. The Morgan fingerprint density at radius 1 is 1.06 bits per heavy atom. The molecule has 0 saturated carbocycles. The van der Waals surface area contributed by atoms with Crippen LogP contribution in [0.25, 0.3) is 5.57 Å². The van der Waals surface area contributed by atoms with E-state index in [1.807, 2.05) is 38.1 Å². The molecule has 36 heavy (non-hydrogen) atoms. The molecule has 1 N–H and O–H groups in total. The third kappa shape index (κ3) is 5.36. The number of likely N-dealkylation sites (tertiary alicyclic amines) is 1. The molecule has 2 aliphatic rings. The van der Waals surface area contributed by atoms with E-state index in [-0.39, 0.29) is 10.8 Å². The van der Waals surface area contributed by atoms with Crippen LogP contribution in [0.1, 0.15) is 61.5 Å². The van der Waals surface area contributed by atoms with Crippen molar-refractivity contribution in [3.05, 3.63) is 65.2 Å². The second kappa shape index (κ2) is 10.7. The highest BCUT2D eigenvalue weighted by atomic mass is 32.2. The highest BCUT2D eigenvalue weighted by molar-refractivity contribution is 7.89. The van der Waals surface area contributed by atoms with Gasteiger partial charge in [0.05, 0.1) is 4.90 Å². The van der Waals surface area contributed by atoms with Crippen molar-refractivity contribution in [2.24, 2.45) is 0 Å². The summed E-state index contributed by atoms with van der Waals surface area (Å²) in [6.07, 6.45) is 4.93. The molecule has 2 aromatic carbocycles. The summed E-state index contributed by atoms with van der Waals surface area (Å²) < 4.78 is 34.7. The molecule has 1 spiro atoms. The lowest BCUT2D eigenvalue weighted by Crippen LogP contribution is -2.37. The molecule has 2 aromatic rings. The molecular formula is C28H37N3O4S. The van der Waals surface area contributed by atoms with Gasteiger partial charge in [-0.05, 0) is 87.8 Å². The van der Waals surface area contributed by atoms with Gasteiger partial charge in [0.2, 0.25) is 10.0 Å². The van der Waals surface area contributed by atoms with Crippen LogP contribution in [0.15, 0.2) is 53.4 Å². The lowest BCUT2D eigenvalue weighted by atomic mass is 9.84. The van der Waals surface area contributed by atoms with Crippen LogP contribution in [0.4, 0.5) is 0 Å². The molecule has 0 bridgehead atoms. The molecule has 1 unspecified atom stereocenters. The lowest BCUT2D eigenvalue weighted by Gasteiger charge is -2.37. The predicted octanol–water partition coefficient (Wildman–Crippen LogP) is 4.15. The molecular weight excluding hydrogens is 474 g/mol. The van der Waals surface area contributed by atoms with Crippen molar-refractivity contribution in [1.82, 2.24) is 14.5 Å². The van der Waals surface area contributed by atoms with E-state index < -0.39 is 15.6 Å². The first-order valence-electron chi connectivity index (χ1n) is 12.9. The minimum Gasteiger partial charge on any atom is -0.482 e. The zero-order chi connectivity index (χ0) is 25.9. The summed E-state index contributed by atoms with van der Waals surface area (Å²) in [7, 11) is -1.49. The first kappa shape index (κ1) is 26.4. The maximum Gasteiger partial charge on any atom is 0.253 e. The third-order valence-electron chi connectivity index (χ3n) is 7.16. The van der Waals surface area contributed by atoms with E-state index in [0.717, 1.165) is 49.1 Å². The topological polar surface area (TPSA) is 79.0 Å². The van der Waals surface area contributed by atoms with Gasteiger partial charge < -0.3 is 14.5 Å². The molecule has 2 aliphatic heterocycles. The van der Waals surface area contributed by atoms with E-state index >= 15 is 0 Å². The molecule has 1 amide bonds. The van der Waals surface area contributed by atoms with Crippen molar-refractivity contribution in [1.29, 1.82) is 0 Å². The maximum atomic E-state index is 12.8. The minimum atomic E-state index is -3.62. The van der Waals surface area contributed by atoms with Gasteiger partial charge >= 0.3 is 0 Å². The lowest BCUT2D eigenvalue weighted by molar-refractivity contribution is 0.0773. The molecule has 8 heteroatoms. The number of nitrogens with zero attached hydrogens (tertiary/aromatic N) is 2. The van der Waals surface area contributed by atoms with E-state index in [4.69, 9.17) is 4.74 Å². The van der Waals surface area contributed by atoms with Crippen LogP contribution in [-0.4, -0.2) is 69.5 Å². The smallest absolute Gasteiger partial charge is 0.253 e.